The third-order valence-electron chi connectivity index (χ3n) is 3.36. The van der Waals surface area contributed by atoms with Crippen molar-refractivity contribution < 1.29 is 14.4 Å². The van der Waals surface area contributed by atoms with Crippen LogP contribution in [0, 0.1) is 0 Å². The highest BCUT2D eigenvalue weighted by atomic mass is 35.5. The second kappa shape index (κ2) is 6.53. The van der Waals surface area contributed by atoms with Gasteiger partial charge in [-0.1, -0.05) is 16.8 Å². The molecule has 1 aromatic heterocycles. The molecule has 0 aliphatic carbocycles. The molecule has 1 aliphatic rings. The van der Waals surface area contributed by atoms with Gasteiger partial charge in [0.25, 0.3) is 0 Å². The van der Waals surface area contributed by atoms with Crippen molar-refractivity contribution in [1.82, 2.24) is 15.0 Å². The first kappa shape index (κ1) is 14.5. The van der Waals surface area contributed by atoms with Crippen molar-refractivity contribution in [3.05, 3.63) is 35.2 Å². The molecule has 2 heterocycles. The number of aromatic nitrogens is 2. The zero-order valence-corrected chi connectivity index (χ0v) is 12.2. The van der Waals surface area contributed by atoms with Crippen LogP contribution in [0.2, 0.25) is 5.02 Å². The summed E-state index contributed by atoms with van der Waals surface area (Å²) in [6.45, 7) is 2.63. The molecular weight excluding hydrogens is 294 g/mol. The Kier molecular flexibility index (Phi) is 4.50. The minimum atomic E-state index is -0.141. The smallest absolute Gasteiger partial charge is 0.241 e. The Hall–Kier alpha value is -1.47. The summed E-state index contributed by atoms with van der Waals surface area (Å²) in [5.41, 5.74) is 0.865. The molecule has 1 unspecified atom stereocenters. The van der Waals surface area contributed by atoms with E-state index in [1.54, 1.807) is 12.1 Å². The maximum absolute atomic E-state index is 9.14. The summed E-state index contributed by atoms with van der Waals surface area (Å²) >= 11 is 5.86. The number of hydrogen-bond acceptors (Lipinski definition) is 6. The van der Waals surface area contributed by atoms with Crippen LogP contribution in [0.1, 0.15) is 5.89 Å². The van der Waals surface area contributed by atoms with Crippen LogP contribution in [-0.2, 0) is 11.3 Å². The van der Waals surface area contributed by atoms with Crippen LogP contribution >= 0.6 is 11.6 Å². The molecule has 1 fully saturated rings. The maximum Gasteiger partial charge on any atom is 0.241 e. The van der Waals surface area contributed by atoms with E-state index in [1.807, 2.05) is 12.1 Å². The first-order valence-electron chi connectivity index (χ1n) is 6.78. The SMILES string of the molecule is OCC1CN(Cc2nc(-c3ccc(Cl)cc3)no2)CCO1. The number of rotatable bonds is 4. The fraction of sp³-hybridized carbons (Fsp3) is 0.429. The molecule has 0 amide bonds. The van der Waals surface area contributed by atoms with Gasteiger partial charge in [0.15, 0.2) is 0 Å². The van der Waals surface area contributed by atoms with Gasteiger partial charge in [0, 0.05) is 23.7 Å². The summed E-state index contributed by atoms with van der Waals surface area (Å²) in [4.78, 5) is 6.52. The van der Waals surface area contributed by atoms with Crippen LogP contribution in [-0.4, -0.2) is 52.6 Å². The Balaban J connectivity index is 1.66. The molecule has 1 aliphatic heterocycles. The van der Waals surface area contributed by atoms with Gasteiger partial charge in [-0.2, -0.15) is 4.98 Å². The lowest BCUT2D eigenvalue weighted by Crippen LogP contribution is -2.43. The Morgan fingerprint density at radius 3 is 2.90 bits per heavy atom. The highest BCUT2D eigenvalue weighted by Gasteiger charge is 2.21. The summed E-state index contributed by atoms with van der Waals surface area (Å²) in [6.07, 6.45) is -0.141. The normalized spacial score (nSPS) is 19.8. The van der Waals surface area contributed by atoms with Gasteiger partial charge in [-0.05, 0) is 24.3 Å². The first-order chi connectivity index (χ1) is 10.2. The topological polar surface area (TPSA) is 71.6 Å². The molecule has 1 atom stereocenters. The number of aliphatic hydroxyl groups excluding tert-OH is 1. The molecule has 6 nitrogen and oxygen atoms in total. The highest BCUT2D eigenvalue weighted by Crippen LogP contribution is 2.19. The summed E-state index contributed by atoms with van der Waals surface area (Å²) in [7, 11) is 0. The average Bonchev–Trinajstić information content (AvgIpc) is 2.96. The van der Waals surface area contributed by atoms with Crippen LogP contribution in [0.4, 0.5) is 0 Å². The Morgan fingerprint density at radius 1 is 1.33 bits per heavy atom. The summed E-state index contributed by atoms with van der Waals surface area (Å²) in [5.74, 6) is 1.10. The number of aliphatic hydroxyl groups is 1. The summed E-state index contributed by atoms with van der Waals surface area (Å²) in [6, 6.07) is 7.29. The summed E-state index contributed by atoms with van der Waals surface area (Å²) < 4.78 is 10.7. The van der Waals surface area contributed by atoms with Crippen molar-refractivity contribution in [2.24, 2.45) is 0 Å². The lowest BCUT2D eigenvalue weighted by molar-refractivity contribution is -0.0571. The number of benzene rings is 1. The zero-order chi connectivity index (χ0) is 14.7. The van der Waals surface area contributed by atoms with Crippen LogP contribution in [0.3, 0.4) is 0 Å². The van der Waals surface area contributed by atoms with Crippen molar-refractivity contribution in [3.63, 3.8) is 0 Å². The molecule has 2 aromatic rings. The van der Waals surface area contributed by atoms with Crippen molar-refractivity contribution in [2.45, 2.75) is 12.6 Å². The second-order valence-electron chi connectivity index (χ2n) is 4.93. The lowest BCUT2D eigenvalue weighted by Gasteiger charge is -2.30. The van der Waals surface area contributed by atoms with Crippen molar-refractivity contribution in [3.8, 4) is 11.4 Å². The molecule has 7 heteroatoms. The van der Waals surface area contributed by atoms with E-state index in [4.69, 9.17) is 26.0 Å². The van der Waals surface area contributed by atoms with E-state index in [0.717, 1.165) is 12.1 Å². The van der Waals surface area contributed by atoms with Gasteiger partial charge >= 0.3 is 0 Å². The van der Waals surface area contributed by atoms with Crippen molar-refractivity contribution in [2.75, 3.05) is 26.3 Å². The van der Waals surface area contributed by atoms with E-state index >= 15 is 0 Å². The standard InChI is InChI=1S/C14H16ClN3O3/c15-11-3-1-10(2-4-11)14-16-13(21-17-14)8-18-5-6-20-12(7-18)9-19/h1-4,12,19H,5-9H2. The molecule has 0 saturated carbocycles. The third kappa shape index (κ3) is 3.59. The Morgan fingerprint density at radius 2 is 2.14 bits per heavy atom. The monoisotopic (exact) mass is 309 g/mol. The van der Waals surface area contributed by atoms with Crippen LogP contribution < -0.4 is 0 Å². The minimum absolute atomic E-state index is 0.0242. The largest absolute Gasteiger partial charge is 0.394 e. The average molecular weight is 310 g/mol. The van der Waals surface area contributed by atoms with Crippen LogP contribution in [0.15, 0.2) is 28.8 Å². The Labute approximate surface area is 127 Å². The first-order valence-corrected chi connectivity index (χ1v) is 7.16. The van der Waals surface area contributed by atoms with Crippen molar-refractivity contribution >= 4 is 11.6 Å². The molecule has 1 N–H and O–H groups in total. The van der Waals surface area contributed by atoms with Gasteiger partial charge in [-0.3, -0.25) is 4.90 Å². The molecular formula is C14H16ClN3O3. The third-order valence-corrected chi connectivity index (χ3v) is 3.61. The fourth-order valence-corrected chi connectivity index (χ4v) is 2.39. The minimum Gasteiger partial charge on any atom is -0.394 e. The molecule has 0 radical (unpaired) electrons. The predicted octanol–water partition coefficient (Wildman–Crippen LogP) is 1.58. The fourth-order valence-electron chi connectivity index (χ4n) is 2.26. The highest BCUT2D eigenvalue weighted by molar-refractivity contribution is 6.30. The summed E-state index contributed by atoms with van der Waals surface area (Å²) in [5, 5.41) is 13.8. The van der Waals surface area contributed by atoms with E-state index in [0.29, 0.717) is 36.4 Å². The van der Waals surface area contributed by atoms with Gasteiger partial charge in [0.2, 0.25) is 11.7 Å². The number of ether oxygens (including phenoxy) is 1. The zero-order valence-electron chi connectivity index (χ0n) is 11.4. The van der Waals surface area contributed by atoms with Gasteiger partial charge in [0.05, 0.1) is 25.9 Å². The van der Waals surface area contributed by atoms with E-state index < -0.39 is 0 Å². The molecule has 0 spiro atoms. The second-order valence-corrected chi connectivity index (χ2v) is 5.37. The number of halogens is 1. The van der Waals surface area contributed by atoms with E-state index in [-0.39, 0.29) is 12.7 Å². The van der Waals surface area contributed by atoms with E-state index in [2.05, 4.69) is 15.0 Å². The van der Waals surface area contributed by atoms with Gasteiger partial charge in [-0.25, -0.2) is 0 Å². The number of morpholine rings is 1. The predicted molar refractivity (Wildman–Crippen MR) is 76.8 cm³/mol. The van der Waals surface area contributed by atoms with Gasteiger partial charge < -0.3 is 14.4 Å². The van der Waals surface area contributed by atoms with Crippen LogP contribution in [0.25, 0.3) is 11.4 Å². The van der Waals surface area contributed by atoms with Gasteiger partial charge in [-0.15, -0.1) is 0 Å². The quantitative estimate of drug-likeness (QED) is 0.924. The molecule has 1 aromatic carbocycles. The van der Waals surface area contributed by atoms with Gasteiger partial charge in [0.1, 0.15) is 0 Å². The Bertz CT molecular complexity index is 587. The molecule has 1 saturated heterocycles. The van der Waals surface area contributed by atoms with E-state index in [1.165, 1.54) is 0 Å². The molecule has 112 valence electrons. The molecule has 21 heavy (non-hydrogen) atoms. The van der Waals surface area contributed by atoms with E-state index in [9.17, 15) is 0 Å². The molecule has 0 bridgehead atoms. The van der Waals surface area contributed by atoms with Crippen LogP contribution in [0.5, 0.6) is 0 Å². The number of hydrogen-bond donors (Lipinski definition) is 1. The number of nitrogens with zero attached hydrogens (tertiary/aromatic N) is 3. The lowest BCUT2D eigenvalue weighted by atomic mass is 10.2. The molecule has 3 rings (SSSR count). The van der Waals surface area contributed by atoms with Crippen molar-refractivity contribution in [1.29, 1.82) is 0 Å². The maximum atomic E-state index is 9.14.